The van der Waals surface area contributed by atoms with E-state index in [1.54, 1.807) is 26.5 Å². The van der Waals surface area contributed by atoms with Crippen molar-refractivity contribution < 1.29 is 14.4 Å². The van der Waals surface area contributed by atoms with E-state index in [0.717, 1.165) is 28.3 Å². The molecule has 5 rings (SSSR count). The first kappa shape index (κ1) is 26.5. The monoisotopic (exact) mass is 563 g/mol. The number of nitro benzene ring substituents is 1. The Kier molecular flexibility index (Phi) is 7.16. The highest BCUT2D eigenvalue weighted by molar-refractivity contribution is 7.80. The lowest BCUT2D eigenvalue weighted by atomic mass is 9.96. The minimum absolute atomic E-state index is 0.0237. The third-order valence-electron chi connectivity index (χ3n) is 6.91. The molecule has 1 fully saturated rings. The van der Waals surface area contributed by atoms with Gasteiger partial charge in [0.2, 0.25) is 0 Å². The molecule has 0 saturated carbocycles. The molecule has 0 aliphatic carbocycles. The highest BCUT2D eigenvalue weighted by atomic mass is 35.5. The quantitative estimate of drug-likeness (QED) is 0.160. The Hall–Kier alpha value is -4.15. The van der Waals surface area contributed by atoms with Crippen molar-refractivity contribution in [3.8, 4) is 17.2 Å². The number of hydrogen-bond acceptors (Lipinski definition) is 6. The largest absolute Gasteiger partial charge is 0.495 e. The Bertz CT molecular complexity index is 1580. The number of nitro groups is 1. The van der Waals surface area contributed by atoms with Gasteiger partial charge in [-0.05, 0) is 74.1 Å². The van der Waals surface area contributed by atoms with Gasteiger partial charge in [0.05, 0.1) is 47.6 Å². The number of methoxy groups -OCH3 is 2. The summed E-state index contributed by atoms with van der Waals surface area (Å²) in [5.41, 5.74) is 4.90. The fourth-order valence-electron chi connectivity index (χ4n) is 5.18. The lowest BCUT2D eigenvalue weighted by Crippen LogP contribution is -2.29. The predicted octanol–water partition coefficient (Wildman–Crippen LogP) is 6.25. The topological polar surface area (TPSA) is 94.7 Å². The van der Waals surface area contributed by atoms with Crippen LogP contribution < -0.4 is 19.7 Å². The molecule has 1 N–H and O–H groups in total. The van der Waals surface area contributed by atoms with E-state index in [0.29, 0.717) is 27.3 Å². The average molecular weight is 564 g/mol. The number of ether oxygens (including phenoxy) is 2. The second-order valence-corrected chi connectivity index (χ2v) is 9.88. The highest BCUT2D eigenvalue weighted by Crippen LogP contribution is 2.45. The van der Waals surface area contributed by atoms with Crippen LogP contribution in [0, 0.1) is 24.0 Å². The van der Waals surface area contributed by atoms with Crippen molar-refractivity contribution in [2.75, 3.05) is 19.1 Å². The smallest absolute Gasteiger partial charge is 0.271 e. The van der Waals surface area contributed by atoms with Crippen molar-refractivity contribution in [1.29, 1.82) is 0 Å². The SMILES string of the molecule is COc1ccc(N2C(=S)N[C@H](c3ccccn3)[C@H]2c2cc(C)n(-c3cc([N+](=O)[O-])ccc3OC)c2C)cc1Cl. The zero-order chi connectivity index (χ0) is 27.8. The molecule has 0 unspecified atom stereocenters. The van der Waals surface area contributed by atoms with E-state index in [9.17, 15) is 10.1 Å². The summed E-state index contributed by atoms with van der Waals surface area (Å²) in [5, 5.41) is 16.0. The molecule has 0 radical (unpaired) electrons. The van der Waals surface area contributed by atoms with Crippen LogP contribution in [0.15, 0.2) is 66.9 Å². The number of halogens is 1. The zero-order valence-corrected chi connectivity index (χ0v) is 23.3. The van der Waals surface area contributed by atoms with Crippen molar-refractivity contribution in [3.63, 3.8) is 0 Å². The molecule has 39 heavy (non-hydrogen) atoms. The Morgan fingerprint density at radius 3 is 2.44 bits per heavy atom. The molecule has 4 aromatic rings. The number of rotatable bonds is 7. The summed E-state index contributed by atoms with van der Waals surface area (Å²) in [5.74, 6) is 1.08. The van der Waals surface area contributed by atoms with Crippen molar-refractivity contribution in [2.45, 2.75) is 25.9 Å². The summed E-state index contributed by atoms with van der Waals surface area (Å²) in [6.07, 6.45) is 1.75. The number of nitrogens with zero attached hydrogens (tertiary/aromatic N) is 4. The van der Waals surface area contributed by atoms with Gasteiger partial charge in [-0.25, -0.2) is 0 Å². The molecule has 2 aromatic carbocycles. The number of aryl methyl sites for hydroxylation is 1. The number of anilines is 1. The Balaban J connectivity index is 1.71. The fourth-order valence-corrected chi connectivity index (χ4v) is 5.78. The first-order valence-electron chi connectivity index (χ1n) is 12.1. The van der Waals surface area contributed by atoms with E-state index < -0.39 is 4.92 Å². The Morgan fingerprint density at radius 2 is 1.79 bits per heavy atom. The van der Waals surface area contributed by atoms with Gasteiger partial charge in [-0.1, -0.05) is 17.7 Å². The van der Waals surface area contributed by atoms with Crippen molar-refractivity contribution >= 4 is 40.3 Å². The van der Waals surface area contributed by atoms with Crippen molar-refractivity contribution in [2.24, 2.45) is 0 Å². The van der Waals surface area contributed by atoms with Crippen LogP contribution in [0.5, 0.6) is 11.5 Å². The van der Waals surface area contributed by atoms with E-state index in [4.69, 9.17) is 33.3 Å². The van der Waals surface area contributed by atoms with Gasteiger partial charge in [0.1, 0.15) is 11.5 Å². The van der Waals surface area contributed by atoms with Crippen LogP contribution in [0.3, 0.4) is 0 Å². The average Bonchev–Trinajstić information content (AvgIpc) is 3.43. The third kappa shape index (κ3) is 4.66. The first-order chi connectivity index (χ1) is 18.7. The van der Waals surface area contributed by atoms with Crippen LogP contribution in [-0.4, -0.2) is 33.8 Å². The Morgan fingerprint density at radius 1 is 1.05 bits per heavy atom. The molecular formula is C28H26ClN5O4S. The van der Waals surface area contributed by atoms with Gasteiger partial charge in [0.25, 0.3) is 5.69 Å². The lowest BCUT2D eigenvalue weighted by molar-refractivity contribution is -0.384. The van der Waals surface area contributed by atoms with E-state index in [1.807, 2.05) is 59.7 Å². The van der Waals surface area contributed by atoms with E-state index in [2.05, 4.69) is 16.4 Å². The summed E-state index contributed by atoms with van der Waals surface area (Å²) in [6, 6.07) is 17.4. The number of hydrogen-bond donors (Lipinski definition) is 1. The van der Waals surface area contributed by atoms with Crippen LogP contribution in [0.25, 0.3) is 5.69 Å². The molecule has 1 aliphatic rings. The first-order valence-corrected chi connectivity index (χ1v) is 12.9. The van der Waals surface area contributed by atoms with Gasteiger partial charge >= 0.3 is 0 Å². The molecule has 1 saturated heterocycles. The minimum atomic E-state index is -0.413. The molecule has 200 valence electrons. The summed E-state index contributed by atoms with van der Waals surface area (Å²) >= 11 is 12.4. The molecule has 0 amide bonds. The molecule has 3 heterocycles. The van der Waals surface area contributed by atoms with Gasteiger partial charge in [-0.15, -0.1) is 0 Å². The summed E-state index contributed by atoms with van der Waals surface area (Å²) in [4.78, 5) is 17.8. The van der Waals surface area contributed by atoms with Gasteiger partial charge < -0.3 is 24.3 Å². The van der Waals surface area contributed by atoms with Gasteiger partial charge in [0.15, 0.2) is 5.11 Å². The molecule has 9 nitrogen and oxygen atoms in total. The zero-order valence-electron chi connectivity index (χ0n) is 21.7. The maximum Gasteiger partial charge on any atom is 0.271 e. The number of benzene rings is 2. The second kappa shape index (κ2) is 10.5. The predicted molar refractivity (Wildman–Crippen MR) is 154 cm³/mol. The molecule has 1 aliphatic heterocycles. The number of aromatic nitrogens is 2. The second-order valence-electron chi connectivity index (χ2n) is 9.09. The van der Waals surface area contributed by atoms with E-state index >= 15 is 0 Å². The number of pyridine rings is 1. The van der Waals surface area contributed by atoms with Crippen molar-refractivity contribution in [1.82, 2.24) is 14.9 Å². The number of thiocarbonyl (C=S) groups is 1. The normalized spacial score (nSPS) is 16.7. The lowest BCUT2D eigenvalue weighted by Gasteiger charge is -2.28. The highest BCUT2D eigenvalue weighted by Gasteiger charge is 2.42. The summed E-state index contributed by atoms with van der Waals surface area (Å²) in [6.45, 7) is 3.94. The van der Waals surface area contributed by atoms with Crippen LogP contribution in [-0.2, 0) is 0 Å². The standard InChI is InChI=1S/C28H26ClN5O4S/c1-16-13-20(17(2)32(16)23-15-19(34(35)36)9-11-25(23)38-4)27-26(22-7-5-6-12-30-22)31-28(39)33(27)18-8-10-24(37-3)21(29)14-18/h5-15,26-27H,1-4H3,(H,31,39)/t26-,27-/m1/s1. The van der Waals surface area contributed by atoms with Crippen LogP contribution in [0.1, 0.15) is 34.7 Å². The Labute approximate surface area is 236 Å². The van der Waals surface area contributed by atoms with E-state index in [-0.39, 0.29) is 17.8 Å². The van der Waals surface area contributed by atoms with E-state index in [1.165, 1.54) is 12.1 Å². The van der Waals surface area contributed by atoms with Gasteiger partial charge in [0, 0.05) is 35.4 Å². The van der Waals surface area contributed by atoms with Crippen LogP contribution >= 0.6 is 23.8 Å². The summed E-state index contributed by atoms with van der Waals surface area (Å²) < 4.78 is 12.9. The van der Waals surface area contributed by atoms with Gasteiger partial charge in [-0.3, -0.25) is 15.1 Å². The minimum Gasteiger partial charge on any atom is -0.495 e. The summed E-state index contributed by atoms with van der Waals surface area (Å²) in [7, 11) is 3.12. The third-order valence-corrected chi connectivity index (χ3v) is 7.52. The molecule has 0 spiro atoms. The fraction of sp³-hybridized carbons (Fsp3) is 0.214. The van der Waals surface area contributed by atoms with Crippen molar-refractivity contribution in [3.05, 3.63) is 105 Å². The number of nitrogens with one attached hydrogen (secondary N) is 1. The van der Waals surface area contributed by atoms with Crippen LogP contribution in [0.4, 0.5) is 11.4 Å². The molecule has 2 aromatic heterocycles. The molecular weight excluding hydrogens is 538 g/mol. The molecule has 11 heteroatoms. The maximum atomic E-state index is 11.6. The molecule has 0 bridgehead atoms. The number of non-ortho nitro benzene ring substituents is 1. The van der Waals surface area contributed by atoms with Gasteiger partial charge in [-0.2, -0.15) is 0 Å². The van der Waals surface area contributed by atoms with Crippen LogP contribution in [0.2, 0.25) is 5.02 Å². The maximum absolute atomic E-state index is 11.6. The molecule has 2 atom stereocenters.